The van der Waals surface area contributed by atoms with E-state index in [1.165, 1.54) is 5.56 Å². The van der Waals surface area contributed by atoms with Gasteiger partial charge in [0.15, 0.2) is 0 Å². The predicted molar refractivity (Wildman–Crippen MR) is 94.5 cm³/mol. The van der Waals surface area contributed by atoms with Crippen LogP contribution >= 0.6 is 0 Å². The summed E-state index contributed by atoms with van der Waals surface area (Å²) in [5, 5.41) is 13.9. The monoisotopic (exact) mass is 313 g/mol. The van der Waals surface area contributed by atoms with Crippen molar-refractivity contribution in [1.29, 1.82) is 0 Å². The molecule has 2 rings (SSSR count). The summed E-state index contributed by atoms with van der Waals surface area (Å²) in [5.41, 5.74) is 1.88. The molecule has 2 aromatic rings. The molecule has 0 heterocycles. The zero-order chi connectivity index (χ0) is 16.9. The van der Waals surface area contributed by atoms with Crippen molar-refractivity contribution in [1.82, 2.24) is 5.32 Å². The van der Waals surface area contributed by atoms with E-state index in [0.29, 0.717) is 0 Å². The van der Waals surface area contributed by atoms with Crippen LogP contribution in [-0.4, -0.2) is 16.7 Å². The Bertz CT molecular complexity index is 587. The fourth-order valence-electron chi connectivity index (χ4n) is 2.36. The molecule has 2 N–H and O–H groups in total. The molecule has 2 aromatic carbocycles. The van der Waals surface area contributed by atoms with Gasteiger partial charge in [-0.2, -0.15) is 0 Å². The second-order valence-electron chi connectivity index (χ2n) is 6.88. The lowest BCUT2D eigenvalue weighted by molar-refractivity contribution is 0.128. The molecule has 1 unspecified atom stereocenters. The van der Waals surface area contributed by atoms with Crippen LogP contribution in [0.15, 0.2) is 54.6 Å². The predicted octanol–water partition coefficient (Wildman–Crippen LogP) is 4.08. The number of ether oxygens (including phenoxy) is 1. The molecule has 3 heteroatoms. The molecule has 0 amide bonds. The van der Waals surface area contributed by atoms with Gasteiger partial charge in [0, 0.05) is 12.6 Å². The molecule has 124 valence electrons. The van der Waals surface area contributed by atoms with Crippen molar-refractivity contribution in [2.75, 3.05) is 0 Å². The van der Waals surface area contributed by atoms with Gasteiger partial charge in [-0.25, -0.2) is 0 Å². The topological polar surface area (TPSA) is 41.5 Å². The number of hydrogen-bond acceptors (Lipinski definition) is 3. The van der Waals surface area contributed by atoms with Gasteiger partial charge in [0.1, 0.15) is 11.4 Å². The Morgan fingerprint density at radius 2 is 1.61 bits per heavy atom. The Labute approximate surface area is 139 Å². The smallest absolute Gasteiger partial charge is 0.120 e. The molecule has 0 aliphatic carbocycles. The SMILES string of the molecule is CC(NCc1ccccc1)[C@H](O)c1ccc(OC(C)(C)C)cc1. The average Bonchev–Trinajstić information content (AvgIpc) is 2.52. The molecule has 23 heavy (non-hydrogen) atoms. The lowest BCUT2D eigenvalue weighted by Crippen LogP contribution is -2.31. The Kier molecular flexibility index (Phi) is 5.80. The van der Waals surface area contributed by atoms with Crippen LogP contribution in [0.1, 0.15) is 44.9 Å². The maximum Gasteiger partial charge on any atom is 0.120 e. The molecule has 3 nitrogen and oxygen atoms in total. The van der Waals surface area contributed by atoms with Crippen LogP contribution in [0.25, 0.3) is 0 Å². The lowest BCUT2D eigenvalue weighted by atomic mass is 10.0. The highest BCUT2D eigenvalue weighted by Crippen LogP contribution is 2.23. The van der Waals surface area contributed by atoms with Gasteiger partial charge in [-0.05, 0) is 51.0 Å². The second kappa shape index (κ2) is 7.62. The summed E-state index contributed by atoms with van der Waals surface area (Å²) in [6.07, 6.45) is -0.553. The van der Waals surface area contributed by atoms with E-state index in [0.717, 1.165) is 17.9 Å². The van der Waals surface area contributed by atoms with E-state index in [4.69, 9.17) is 4.74 Å². The first-order valence-corrected chi connectivity index (χ1v) is 8.09. The first-order chi connectivity index (χ1) is 10.8. The molecule has 0 spiro atoms. The molecule has 0 saturated heterocycles. The van der Waals surface area contributed by atoms with Crippen LogP contribution in [0.5, 0.6) is 5.75 Å². The molecule has 0 radical (unpaired) electrons. The third kappa shape index (κ3) is 5.70. The first kappa shape index (κ1) is 17.5. The normalized spacial score (nSPS) is 14.3. The maximum atomic E-state index is 10.5. The largest absolute Gasteiger partial charge is 0.488 e. The maximum absolute atomic E-state index is 10.5. The molecular formula is C20H27NO2. The molecule has 0 aliphatic heterocycles. The number of benzene rings is 2. The number of hydrogen-bond donors (Lipinski definition) is 2. The summed E-state index contributed by atoms with van der Waals surface area (Å²) >= 11 is 0. The zero-order valence-electron chi connectivity index (χ0n) is 14.4. The van der Waals surface area contributed by atoms with E-state index in [2.05, 4.69) is 17.4 Å². The van der Waals surface area contributed by atoms with Gasteiger partial charge >= 0.3 is 0 Å². The highest BCUT2D eigenvalue weighted by molar-refractivity contribution is 5.29. The standard InChI is InChI=1S/C20H27NO2/c1-15(21-14-16-8-6-5-7-9-16)19(22)17-10-12-18(13-11-17)23-20(2,3)4/h5-13,15,19,21-22H,14H2,1-4H3/t15?,19-/m0/s1. The van der Waals surface area contributed by atoms with Crippen molar-refractivity contribution in [3.63, 3.8) is 0 Å². The van der Waals surface area contributed by atoms with Crippen LogP contribution in [0.4, 0.5) is 0 Å². The zero-order valence-corrected chi connectivity index (χ0v) is 14.4. The van der Waals surface area contributed by atoms with E-state index in [-0.39, 0.29) is 11.6 Å². The van der Waals surface area contributed by atoms with E-state index in [1.807, 2.05) is 70.2 Å². The van der Waals surface area contributed by atoms with Gasteiger partial charge in [-0.3, -0.25) is 0 Å². The number of aliphatic hydroxyl groups excluding tert-OH is 1. The van der Waals surface area contributed by atoms with Gasteiger partial charge < -0.3 is 15.2 Å². The minimum absolute atomic E-state index is 0.0374. The third-order valence-electron chi connectivity index (χ3n) is 3.59. The number of nitrogens with one attached hydrogen (secondary N) is 1. The van der Waals surface area contributed by atoms with Crippen molar-refractivity contribution < 1.29 is 9.84 Å². The van der Waals surface area contributed by atoms with E-state index in [1.54, 1.807) is 0 Å². The molecule has 0 aromatic heterocycles. The van der Waals surface area contributed by atoms with E-state index >= 15 is 0 Å². The molecular weight excluding hydrogens is 286 g/mol. The van der Waals surface area contributed by atoms with Gasteiger partial charge in [0.05, 0.1) is 6.10 Å². The molecule has 0 aliphatic rings. The number of rotatable bonds is 6. The van der Waals surface area contributed by atoms with Gasteiger partial charge in [0.2, 0.25) is 0 Å². The molecule has 0 fully saturated rings. The summed E-state index contributed by atoms with van der Waals surface area (Å²) in [4.78, 5) is 0. The van der Waals surface area contributed by atoms with Crippen molar-refractivity contribution >= 4 is 0 Å². The average molecular weight is 313 g/mol. The Morgan fingerprint density at radius 3 is 2.17 bits per heavy atom. The summed E-state index contributed by atoms with van der Waals surface area (Å²) in [7, 11) is 0. The van der Waals surface area contributed by atoms with Crippen molar-refractivity contribution in [2.24, 2.45) is 0 Å². The van der Waals surface area contributed by atoms with Crippen LogP contribution in [0.3, 0.4) is 0 Å². The molecule has 0 saturated carbocycles. The van der Waals surface area contributed by atoms with Crippen LogP contribution in [0, 0.1) is 0 Å². The number of aliphatic hydroxyl groups is 1. The fraction of sp³-hybridized carbons (Fsp3) is 0.400. The van der Waals surface area contributed by atoms with Gasteiger partial charge in [-0.15, -0.1) is 0 Å². The quantitative estimate of drug-likeness (QED) is 0.844. The Hall–Kier alpha value is -1.84. The van der Waals surface area contributed by atoms with Crippen LogP contribution in [0.2, 0.25) is 0 Å². The van der Waals surface area contributed by atoms with Gasteiger partial charge in [0.25, 0.3) is 0 Å². The second-order valence-corrected chi connectivity index (χ2v) is 6.88. The summed E-state index contributed by atoms with van der Waals surface area (Å²) in [6, 6.07) is 17.8. The molecule has 0 bridgehead atoms. The molecule has 2 atom stereocenters. The first-order valence-electron chi connectivity index (χ1n) is 8.09. The van der Waals surface area contributed by atoms with E-state index in [9.17, 15) is 5.11 Å². The summed E-state index contributed by atoms with van der Waals surface area (Å²) in [5.74, 6) is 0.818. The third-order valence-corrected chi connectivity index (χ3v) is 3.59. The van der Waals surface area contributed by atoms with Crippen molar-refractivity contribution in [3.05, 3.63) is 65.7 Å². The summed E-state index contributed by atoms with van der Waals surface area (Å²) in [6.45, 7) is 8.79. The van der Waals surface area contributed by atoms with Crippen molar-refractivity contribution in [3.8, 4) is 5.75 Å². The van der Waals surface area contributed by atoms with Gasteiger partial charge in [-0.1, -0.05) is 42.5 Å². The highest BCUT2D eigenvalue weighted by Gasteiger charge is 2.17. The van der Waals surface area contributed by atoms with Crippen LogP contribution < -0.4 is 10.1 Å². The Balaban J connectivity index is 1.92. The van der Waals surface area contributed by atoms with Crippen molar-refractivity contribution in [2.45, 2.75) is 52.0 Å². The Morgan fingerprint density at radius 1 is 1.00 bits per heavy atom. The minimum atomic E-state index is -0.553. The minimum Gasteiger partial charge on any atom is -0.488 e. The van der Waals surface area contributed by atoms with Crippen LogP contribution in [-0.2, 0) is 6.54 Å². The summed E-state index contributed by atoms with van der Waals surface area (Å²) < 4.78 is 5.80. The highest BCUT2D eigenvalue weighted by atomic mass is 16.5. The lowest BCUT2D eigenvalue weighted by Gasteiger charge is -2.23. The fourth-order valence-corrected chi connectivity index (χ4v) is 2.36. The van der Waals surface area contributed by atoms with E-state index < -0.39 is 6.10 Å².